The fourth-order valence-electron chi connectivity index (χ4n) is 5.58. The lowest BCUT2D eigenvalue weighted by Crippen LogP contribution is -2.32. The van der Waals surface area contributed by atoms with Crippen LogP contribution in [0.4, 0.5) is 5.82 Å². The van der Waals surface area contributed by atoms with Crippen LogP contribution in [0.5, 0.6) is 11.5 Å². The molecule has 0 radical (unpaired) electrons. The van der Waals surface area contributed by atoms with Crippen molar-refractivity contribution in [2.45, 2.75) is 24.7 Å². The van der Waals surface area contributed by atoms with Gasteiger partial charge in [-0.05, 0) is 59.9 Å². The van der Waals surface area contributed by atoms with Gasteiger partial charge >= 0.3 is 0 Å². The molecule has 7 nitrogen and oxygen atoms in total. The topological polar surface area (TPSA) is 85.4 Å². The van der Waals surface area contributed by atoms with Crippen molar-refractivity contribution in [3.8, 4) is 17.2 Å². The number of rotatable bonds is 5. The molecule has 4 aromatic rings. The molecule has 0 amide bonds. The number of nitrogens with zero attached hydrogens (tertiary/aromatic N) is 1. The van der Waals surface area contributed by atoms with Crippen LogP contribution in [0, 0.1) is 0 Å². The lowest BCUT2D eigenvalue weighted by Gasteiger charge is -2.34. The van der Waals surface area contributed by atoms with Gasteiger partial charge in [0.25, 0.3) is 5.56 Å². The van der Waals surface area contributed by atoms with Crippen molar-refractivity contribution in [1.82, 2.24) is 9.78 Å². The van der Waals surface area contributed by atoms with Crippen molar-refractivity contribution in [3.63, 3.8) is 0 Å². The minimum absolute atomic E-state index is 0.0102. The molecule has 2 heterocycles. The standard InChI is InChI=1S/C30H26ClN3O4/c1-37-24-13-10-18(16-25(24)38-2)19-14-22-27(23(35)15-19)26(17-8-11-20(31)12-9-17)28-29(32-22)33-34(30(28)36)21-6-4-3-5-7-21/h3-13,16,19,26,32-33H,14-15H2,1-2H3/t19-,26-/m0/s1. The first kappa shape index (κ1) is 24.1. The van der Waals surface area contributed by atoms with E-state index in [1.54, 1.807) is 26.4 Å². The average molecular weight is 528 g/mol. The molecule has 0 saturated heterocycles. The third-order valence-electron chi connectivity index (χ3n) is 7.38. The summed E-state index contributed by atoms with van der Waals surface area (Å²) in [6, 6.07) is 22.5. The number of ether oxygens (including phenoxy) is 2. The highest BCUT2D eigenvalue weighted by Gasteiger charge is 2.41. The average Bonchev–Trinajstić information content (AvgIpc) is 3.28. The molecule has 2 aliphatic rings. The number of carbonyl (C=O) groups excluding carboxylic acids is 1. The second-order valence-electron chi connectivity index (χ2n) is 9.52. The number of aromatic nitrogens is 2. The summed E-state index contributed by atoms with van der Waals surface area (Å²) in [4.78, 5) is 27.6. The van der Waals surface area contributed by atoms with Crippen molar-refractivity contribution in [2.75, 3.05) is 19.5 Å². The summed E-state index contributed by atoms with van der Waals surface area (Å²) in [7, 11) is 3.20. The lowest BCUT2D eigenvalue weighted by atomic mass is 9.73. The van der Waals surface area contributed by atoms with Gasteiger partial charge in [-0.25, -0.2) is 4.68 Å². The number of halogens is 1. The number of ketones is 1. The van der Waals surface area contributed by atoms with E-state index in [0.29, 0.717) is 46.3 Å². The maximum Gasteiger partial charge on any atom is 0.277 e. The SMILES string of the molecule is COc1ccc([C@@H]2CC(=O)C3=C(C2)Nc2[nH]n(-c4ccccc4)c(=O)c2[C@H]3c2ccc(Cl)cc2)cc1OC. The normalized spacial score (nSPS) is 18.4. The predicted octanol–water partition coefficient (Wildman–Crippen LogP) is 5.79. The Bertz CT molecular complexity index is 1620. The van der Waals surface area contributed by atoms with Gasteiger partial charge in [0.1, 0.15) is 5.82 Å². The van der Waals surface area contributed by atoms with Gasteiger partial charge in [0.2, 0.25) is 0 Å². The van der Waals surface area contributed by atoms with Crippen LogP contribution in [0.1, 0.15) is 41.4 Å². The van der Waals surface area contributed by atoms with Gasteiger partial charge in [-0.15, -0.1) is 0 Å². The number of Topliss-reactive ketones (excluding diaryl/α,β-unsaturated/α-hetero) is 1. The Hall–Kier alpha value is -4.23. The second kappa shape index (κ2) is 9.58. The van der Waals surface area contributed by atoms with E-state index in [4.69, 9.17) is 21.1 Å². The zero-order chi connectivity index (χ0) is 26.4. The molecule has 1 aliphatic carbocycles. The third kappa shape index (κ3) is 4.00. The van der Waals surface area contributed by atoms with E-state index < -0.39 is 5.92 Å². The quantitative estimate of drug-likeness (QED) is 0.343. The highest BCUT2D eigenvalue weighted by molar-refractivity contribution is 6.30. The molecule has 1 aliphatic heterocycles. The molecule has 192 valence electrons. The minimum Gasteiger partial charge on any atom is -0.493 e. The second-order valence-corrected chi connectivity index (χ2v) is 9.96. The summed E-state index contributed by atoms with van der Waals surface area (Å²) in [5, 5.41) is 7.27. The van der Waals surface area contributed by atoms with Gasteiger partial charge in [0.05, 0.1) is 25.5 Å². The molecule has 0 bridgehead atoms. The number of carbonyl (C=O) groups is 1. The monoisotopic (exact) mass is 527 g/mol. The van der Waals surface area contributed by atoms with Crippen LogP contribution >= 0.6 is 11.6 Å². The highest BCUT2D eigenvalue weighted by Crippen LogP contribution is 2.47. The fourth-order valence-corrected chi connectivity index (χ4v) is 5.71. The maximum atomic E-state index is 13.8. The van der Waals surface area contributed by atoms with Gasteiger partial charge in [-0.2, -0.15) is 0 Å². The van der Waals surface area contributed by atoms with Crippen molar-refractivity contribution >= 4 is 23.2 Å². The van der Waals surface area contributed by atoms with E-state index in [2.05, 4.69) is 10.4 Å². The number of fused-ring (bicyclic) bond motifs is 1. The van der Waals surface area contributed by atoms with Crippen LogP contribution in [0.2, 0.25) is 5.02 Å². The summed E-state index contributed by atoms with van der Waals surface area (Å²) >= 11 is 6.18. The Kier molecular flexibility index (Phi) is 6.08. The Morgan fingerprint density at radius 2 is 1.58 bits per heavy atom. The van der Waals surface area contributed by atoms with Crippen LogP contribution in [-0.4, -0.2) is 29.8 Å². The molecule has 3 aromatic carbocycles. The zero-order valence-electron chi connectivity index (χ0n) is 21.0. The first-order valence-electron chi connectivity index (χ1n) is 12.4. The molecular weight excluding hydrogens is 502 g/mol. The van der Waals surface area contributed by atoms with E-state index in [1.165, 1.54) is 4.68 Å². The molecule has 8 heteroatoms. The number of benzene rings is 3. The number of para-hydroxylation sites is 1. The van der Waals surface area contributed by atoms with Gasteiger partial charge in [0, 0.05) is 28.6 Å². The molecular formula is C30H26ClN3O4. The van der Waals surface area contributed by atoms with Crippen molar-refractivity contribution in [1.29, 1.82) is 0 Å². The smallest absolute Gasteiger partial charge is 0.277 e. The summed E-state index contributed by atoms with van der Waals surface area (Å²) in [6.07, 6.45) is 0.936. The van der Waals surface area contributed by atoms with Gasteiger partial charge in [0.15, 0.2) is 17.3 Å². The zero-order valence-corrected chi connectivity index (χ0v) is 21.7. The summed E-state index contributed by atoms with van der Waals surface area (Å²) in [6.45, 7) is 0. The van der Waals surface area contributed by atoms with E-state index in [-0.39, 0.29) is 17.3 Å². The number of aromatic amines is 1. The van der Waals surface area contributed by atoms with Gasteiger partial charge in [-0.1, -0.05) is 48.0 Å². The highest BCUT2D eigenvalue weighted by atomic mass is 35.5. The molecule has 0 spiro atoms. The molecule has 1 aromatic heterocycles. The molecule has 0 fully saturated rings. The predicted molar refractivity (Wildman–Crippen MR) is 147 cm³/mol. The molecule has 0 unspecified atom stereocenters. The van der Waals surface area contributed by atoms with Crippen molar-refractivity contribution < 1.29 is 14.3 Å². The number of nitrogens with one attached hydrogen (secondary N) is 2. The number of allylic oxidation sites excluding steroid dienone is 2. The Balaban J connectivity index is 1.47. The fraction of sp³-hybridized carbons (Fsp3) is 0.200. The largest absolute Gasteiger partial charge is 0.493 e. The van der Waals surface area contributed by atoms with Crippen LogP contribution in [-0.2, 0) is 4.79 Å². The number of H-pyrrole nitrogens is 1. The Labute approximate surface area is 224 Å². The van der Waals surface area contributed by atoms with E-state index >= 15 is 0 Å². The van der Waals surface area contributed by atoms with Crippen LogP contribution in [0.3, 0.4) is 0 Å². The Morgan fingerprint density at radius 1 is 0.868 bits per heavy atom. The number of anilines is 1. The van der Waals surface area contributed by atoms with Crippen LogP contribution < -0.4 is 20.3 Å². The Morgan fingerprint density at radius 3 is 2.29 bits per heavy atom. The molecule has 0 saturated carbocycles. The van der Waals surface area contributed by atoms with Gasteiger partial charge < -0.3 is 14.8 Å². The molecule has 6 rings (SSSR count). The van der Waals surface area contributed by atoms with Gasteiger partial charge in [-0.3, -0.25) is 14.7 Å². The van der Waals surface area contributed by atoms with Crippen molar-refractivity contribution in [3.05, 3.63) is 116 Å². The summed E-state index contributed by atoms with van der Waals surface area (Å²) < 4.78 is 12.4. The van der Waals surface area contributed by atoms with Crippen LogP contribution in [0.15, 0.2) is 88.9 Å². The maximum absolute atomic E-state index is 13.8. The van der Waals surface area contributed by atoms with Crippen molar-refractivity contribution in [2.24, 2.45) is 0 Å². The number of hydrogen-bond donors (Lipinski definition) is 2. The van der Waals surface area contributed by atoms with Crippen LogP contribution in [0.25, 0.3) is 5.69 Å². The summed E-state index contributed by atoms with van der Waals surface area (Å²) in [5.74, 6) is 1.31. The van der Waals surface area contributed by atoms with E-state index in [9.17, 15) is 9.59 Å². The minimum atomic E-state index is -0.508. The molecule has 2 atom stereocenters. The number of hydrogen-bond acceptors (Lipinski definition) is 5. The molecule has 38 heavy (non-hydrogen) atoms. The first-order chi connectivity index (χ1) is 18.5. The summed E-state index contributed by atoms with van der Waals surface area (Å²) in [5.41, 5.74) is 4.33. The first-order valence-corrected chi connectivity index (χ1v) is 12.8. The van der Waals surface area contributed by atoms with E-state index in [0.717, 1.165) is 22.5 Å². The lowest BCUT2D eigenvalue weighted by molar-refractivity contribution is -0.116. The van der Waals surface area contributed by atoms with E-state index in [1.807, 2.05) is 60.7 Å². The number of methoxy groups -OCH3 is 2. The molecule has 2 N–H and O–H groups in total. The third-order valence-corrected chi connectivity index (χ3v) is 7.64.